The zero-order valence-electron chi connectivity index (χ0n) is 13.4. The average molecular weight is 342 g/mol. The molecule has 0 saturated carbocycles. The Balaban J connectivity index is 2.23. The molecule has 0 saturated heterocycles. The highest BCUT2D eigenvalue weighted by molar-refractivity contribution is 5.84. The number of aromatic nitrogens is 1. The minimum atomic E-state index is -1.61. The van der Waals surface area contributed by atoms with Gasteiger partial charge < -0.3 is 14.9 Å². The lowest BCUT2D eigenvalue weighted by molar-refractivity contribution is -0.123. The third-order valence-corrected chi connectivity index (χ3v) is 3.82. The minimum absolute atomic E-state index is 0.0757. The third kappa shape index (κ3) is 3.43. The van der Waals surface area contributed by atoms with E-state index in [4.69, 9.17) is 4.52 Å². The van der Waals surface area contributed by atoms with Gasteiger partial charge in [0.1, 0.15) is 5.76 Å². The van der Waals surface area contributed by atoms with Crippen molar-refractivity contribution in [2.45, 2.75) is 32.7 Å². The SMILES string of the molecule is Cc1noc(C)c1C(C)C(=O)NC(CO)c1cc(F)c(F)c(F)c1. The summed E-state index contributed by atoms with van der Waals surface area (Å²) in [6, 6.07) is 0.394. The normalized spacial score (nSPS) is 13.6. The van der Waals surface area contributed by atoms with Crippen molar-refractivity contribution in [3.8, 4) is 0 Å². The molecule has 0 aliphatic carbocycles. The number of benzene rings is 1. The predicted molar refractivity (Wildman–Crippen MR) is 78.7 cm³/mol. The fourth-order valence-electron chi connectivity index (χ4n) is 2.55. The zero-order valence-corrected chi connectivity index (χ0v) is 13.4. The van der Waals surface area contributed by atoms with E-state index in [0.717, 1.165) is 12.1 Å². The van der Waals surface area contributed by atoms with E-state index in [0.29, 0.717) is 17.0 Å². The molecule has 1 amide bonds. The minimum Gasteiger partial charge on any atom is -0.394 e. The molecule has 1 aromatic carbocycles. The third-order valence-electron chi connectivity index (χ3n) is 3.82. The summed E-state index contributed by atoms with van der Waals surface area (Å²) < 4.78 is 44.7. The lowest BCUT2D eigenvalue weighted by Gasteiger charge is -2.20. The number of nitrogens with one attached hydrogen (secondary N) is 1. The molecule has 2 rings (SSSR count). The van der Waals surface area contributed by atoms with E-state index in [-0.39, 0.29) is 5.56 Å². The Labute approximate surface area is 136 Å². The van der Waals surface area contributed by atoms with E-state index >= 15 is 0 Å². The highest BCUT2D eigenvalue weighted by atomic mass is 19.2. The molecular formula is C16H17F3N2O3. The monoisotopic (exact) mass is 342 g/mol. The van der Waals surface area contributed by atoms with Gasteiger partial charge in [-0.05, 0) is 38.5 Å². The van der Waals surface area contributed by atoms with Gasteiger partial charge in [0, 0.05) is 5.56 Å². The Kier molecular flexibility index (Phi) is 5.28. The summed E-state index contributed by atoms with van der Waals surface area (Å²) >= 11 is 0. The Morgan fingerprint density at radius 3 is 2.33 bits per heavy atom. The Morgan fingerprint density at radius 2 is 1.88 bits per heavy atom. The summed E-state index contributed by atoms with van der Waals surface area (Å²) in [5.74, 6) is -5.05. The maximum atomic E-state index is 13.3. The van der Waals surface area contributed by atoms with Crippen molar-refractivity contribution in [2.24, 2.45) is 0 Å². The molecule has 2 N–H and O–H groups in total. The number of halogens is 3. The van der Waals surface area contributed by atoms with Gasteiger partial charge in [-0.1, -0.05) is 5.16 Å². The van der Waals surface area contributed by atoms with E-state index in [9.17, 15) is 23.1 Å². The predicted octanol–water partition coefficient (Wildman–Crippen LogP) is 2.66. The van der Waals surface area contributed by atoms with Gasteiger partial charge in [0.2, 0.25) is 5.91 Å². The number of carbonyl (C=O) groups is 1. The van der Waals surface area contributed by atoms with E-state index in [1.165, 1.54) is 0 Å². The molecule has 2 aromatic rings. The largest absolute Gasteiger partial charge is 0.394 e. The molecule has 0 fully saturated rings. The van der Waals surface area contributed by atoms with E-state index in [1.807, 2.05) is 0 Å². The lowest BCUT2D eigenvalue weighted by atomic mass is 9.97. The van der Waals surface area contributed by atoms with Crippen LogP contribution in [-0.2, 0) is 4.79 Å². The average Bonchev–Trinajstić information content (AvgIpc) is 2.87. The second-order valence-electron chi connectivity index (χ2n) is 5.50. The maximum absolute atomic E-state index is 13.3. The molecule has 0 aliphatic heterocycles. The zero-order chi connectivity index (χ0) is 18.0. The number of aliphatic hydroxyl groups is 1. The van der Waals surface area contributed by atoms with Gasteiger partial charge in [0.05, 0.1) is 24.3 Å². The van der Waals surface area contributed by atoms with Crippen molar-refractivity contribution in [3.63, 3.8) is 0 Å². The van der Waals surface area contributed by atoms with Crippen LogP contribution in [0.5, 0.6) is 0 Å². The molecule has 0 radical (unpaired) electrons. The standard InChI is InChI=1S/C16H17F3N2O3/c1-7(14-8(2)21-24-9(14)3)16(23)20-13(6-22)10-4-11(17)15(19)12(18)5-10/h4-5,7,13,22H,6H2,1-3H3,(H,20,23). The van der Waals surface area contributed by atoms with E-state index < -0.39 is 41.9 Å². The van der Waals surface area contributed by atoms with Crippen molar-refractivity contribution in [3.05, 3.63) is 52.2 Å². The Bertz CT molecular complexity index is 719. The fraction of sp³-hybridized carbons (Fsp3) is 0.375. The van der Waals surface area contributed by atoms with Crippen molar-refractivity contribution < 1.29 is 27.6 Å². The number of nitrogens with zero attached hydrogens (tertiary/aromatic N) is 1. The summed E-state index contributed by atoms with van der Waals surface area (Å²) in [5, 5.41) is 15.7. The molecule has 0 bridgehead atoms. The van der Waals surface area contributed by atoms with Crippen molar-refractivity contribution in [1.82, 2.24) is 10.5 Å². The lowest BCUT2D eigenvalue weighted by Crippen LogP contribution is -2.34. The topological polar surface area (TPSA) is 75.4 Å². The number of aliphatic hydroxyl groups excluding tert-OH is 1. The molecule has 0 spiro atoms. The van der Waals surface area contributed by atoms with E-state index in [2.05, 4.69) is 10.5 Å². The fourth-order valence-corrected chi connectivity index (χ4v) is 2.55. The highest BCUT2D eigenvalue weighted by Crippen LogP contribution is 2.25. The van der Waals surface area contributed by atoms with Gasteiger partial charge in [-0.2, -0.15) is 0 Å². The maximum Gasteiger partial charge on any atom is 0.228 e. The van der Waals surface area contributed by atoms with Gasteiger partial charge in [-0.15, -0.1) is 0 Å². The first kappa shape index (κ1) is 18.0. The second-order valence-corrected chi connectivity index (χ2v) is 5.50. The number of rotatable bonds is 5. The summed E-state index contributed by atoms with van der Waals surface area (Å²) in [5.41, 5.74) is 1.07. The summed E-state index contributed by atoms with van der Waals surface area (Å²) in [7, 11) is 0. The Morgan fingerprint density at radius 1 is 1.29 bits per heavy atom. The second kappa shape index (κ2) is 7.04. The van der Waals surface area contributed by atoms with Crippen LogP contribution in [-0.4, -0.2) is 22.8 Å². The van der Waals surface area contributed by atoms with Crippen LogP contribution in [0.3, 0.4) is 0 Å². The number of carbonyl (C=O) groups excluding carboxylic acids is 1. The first-order valence-corrected chi connectivity index (χ1v) is 7.24. The number of hydrogen-bond donors (Lipinski definition) is 2. The summed E-state index contributed by atoms with van der Waals surface area (Å²) in [6.45, 7) is 4.35. The number of hydrogen-bond acceptors (Lipinski definition) is 4. The first-order valence-electron chi connectivity index (χ1n) is 7.24. The molecular weight excluding hydrogens is 325 g/mol. The molecule has 130 valence electrons. The molecule has 1 aromatic heterocycles. The molecule has 0 aliphatic rings. The quantitative estimate of drug-likeness (QED) is 0.819. The first-order chi connectivity index (χ1) is 11.3. The van der Waals surface area contributed by atoms with Crippen molar-refractivity contribution >= 4 is 5.91 Å². The smallest absolute Gasteiger partial charge is 0.228 e. The van der Waals surface area contributed by atoms with Gasteiger partial charge in [-0.25, -0.2) is 13.2 Å². The molecule has 1 heterocycles. The highest BCUT2D eigenvalue weighted by Gasteiger charge is 2.26. The van der Waals surface area contributed by atoms with Crippen molar-refractivity contribution in [2.75, 3.05) is 6.61 Å². The van der Waals surface area contributed by atoms with Gasteiger partial charge in [0.15, 0.2) is 17.5 Å². The van der Waals surface area contributed by atoms with Crippen LogP contribution in [0.15, 0.2) is 16.7 Å². The van der Waals surface area contributed by atoms with Crippen LogP contribution >= 0.6 is 0 Å². The molecule has 2 unspecified atom stereocenters. The van der Waals surface area contributed by atoms with Crippen LogP contribution in [0, 0.1) is 31.3 Å². The molecule has 2 atom stereocenters. The van der Waals surface area contributed by atoms with Crippen LogP contribution in [0.1, 0.15) is 41.5 Å². The summed E-state index contributed by atoms with van der Waals surface area (Å²) in [4.78, 5) is 12.4. The van der Waals surface area contributed by atoms with Gasteiger partial charge >= 0.3 is 0 Å². The van der Waals surface area contributed by atoms with Gasteiger partial charge in [0.25, 0.3) is 0 Å². The molecule has 8 heteroatoms. The molecule has 24 heavy (non-hydrogen) atoms. The van der Waals surface area contributed by atoms with E-state index in [1.54, 1.807) is 20.8 Å². The van der Waals surface area contributed by atoms with Crippen molar-refractivity contribution in [1.29, 1.82) is 0 Å². The van der Waals surface area contributed by atoms with Crippen LogP contribution in [0.2, 0.25) is 0 Å². The number of aryl methyl sites for hydroxylation is 2. The number of amides is 1. The molecule has 5 nitrogen and oxygen atoms in total. The van der Waals surface area contributed by atoms with Crippen LogP contribution in [0.4, 0.5) is 13.2 Å². The summed E-state index contributed by atoms with van der Waals surface area (Å²) in [6.07, 6.45) is 0. The Hall–Kier alpha value is -2.35. The van der Waals surface area contributed by atoms with Gasteiger partial charge in [-0.3, -0.25) is 4.79 Å². The van der Waals surface area contributed by atoms with Crippen LogP contribution < -0.4 is 5.32 Å². The van der Waals surface area contributed by atoms with Crippen LogP contribution in [0.25, 0.3) is 0 Å².